The molecule has 5 N–H and O–H groups in total. The van der Waals surface area contributed by atoms with E-state index in [-0.39, 0.29) is 0 Å². The Labute approximate surface area is 156 Å². The maximum absolute atomic E-state index is 5.42. The molecule has 0 amide bonds. The third-order valence-corrected chi connectivity index (χ3v) is 5.04. The summed E-state index contributed by atoms with van der Waals surface area (Å²) < 4.78 is 3.45. The normalized spacial score (nSPS) is 11.2. The molecule has 0 spiro atoms. The van der Waals surface area contributed by atoms with Crippen LogP contribution in [0.4, 0.5) is 0 Å². The number of unbranched alkanes of at least 4 members (excludes halogenated alkanes) is 9. The van der Waals surface area contributed by atoms with Crippen LogP contribution in [0.25, 0.3) is 0 Å². The van der Waals surface area contributed by atoms with Gasteiger partial charge in [0.2, 0.25) is 0 Å². The monoisotopic (exact) mass is 360 g/mol. The van der Waals surface area contributed by atoms with Crippen molar-refractivity contribution in [1.82, 2.24) is 15.4 Å². The lowest BCUT2D eigenvalue weighted by Crippen LogP contribution is -2.28. The standard InChI is InChI=1S/C19H44N4S/c1-2-3-4-5-6-7-8-9-10-11-19-24-23-18-17-22-15-12-14-21-16-13-20/h21-23H,2-20H2,1H3. The minimum atomic E-state index is 0.730. The molecule has 146 valence electrons. The second-order valence-corrected chi connectivity index (χ2v) is 7.55. The molecule has 0 aliphatic carbocycles. The van der Waals surface area contributed by atoms with Crippen molar-refractivity contribution in [2.45, 2.75) is 77.6 Å². The van der Waals surface area contributed by atoms with Crippen LogP contribution in [0.5, 0.6) is 0 Å². The van der Waals surface area contributed by atoms with Gasteiger partial charge in [0.15, 0.2) is 0 Å². The molecule has 24 heavy (non-hydrogen) atoms. The van der Waals surface area contributed by atoms with E-state index in [9.17, 15) is 0 Å². The van der Waals surface area contributed by atoms with Crippen molar-refractivity contribution in [3.63, 3.8) is 0 Å². The Hall–Kier alpha value is 0.190. The van der Waals surface area contributed by atoms with Crippen molar-refractivity contribution in [3.05, 3.63) is 0 Å². The van der Waals surface area contributed by atoms with Crippen LogP contribution in [-0.2, 0) is 0 Å². The first kappa shape index (κ1) is 24.2. The van der Waals surface area contributed by atoms with Gasteiger partial charge in [-0.2, -0.15) is 0 Å². The number of rotatable bonds is 21. The lowest BCUT2D eigenvalue weighted by Gasteiger charge is -2.07. The predicted molar refractivity (Wildman–Crippen MR) is 112 cm³/mol. The molecule has 0 aromatic rings. The van der Waals surface area contributed by atoms with Crippen LogP contribution in [0.15, 0.2) is 0 Å². The van der Waals surface area contributed by atoms with Gasteiger partial charge in [-0.3, -0.25) is 4.72 Å². The molecule has 0 aliphatic heterocycles. The number of nitrogens with two attached hydrogens (primary N) is 1. The molecule has 0 saturated heterocycles. The Morgan fingerprint density at radius 3 is 1.83 bits per heavy atom. The molecule has 0 rings (SSSR count). The first-order valence-electron chi connectivity index (χ1n) is 10.4. The molecular weight excluding hydrogens is 316 g/mol. The van der Waals surface area contributed by atoms with Crippen molar-refractivity contribution in [1.29, 1.82) is 0 Å². The summed E-state index contributed by atoms with van der Waals surface area (Å²) in [6.45, 7) is 8.20. The van der Waals surface area contributed by atoms with E-state index in [2.05, 4.69) is 22.3 Å². The van der Waals surface area contributed by atoms with E-state index in [0.717, 1.165) is 39.3 Å². The fraction of sp³-hybridized carbons (Fsp3) is 1.00. The molecule has 0 aromatic carbocycles. The van der Waals surface area contributed by atoms with Gasteiger partial charge in [-0.25, -0.2) is 0 Å². The van der Waals surface area contributed by atoms with Gasteiger partial charge in [-0.05, 0) is 25.9 Å². The number of hydrogen-bond donors (Lipinski definition) is 4. The summed E-state index contributed by atoms with van der Waals surface area (Å²) in [7, 11) is 0. The van der Waals surface area contributed by atoms with Gasteiger partial charge in [0.05, 0.1) is 0 Å². The lowest BCUT2D eigenvalue weighted by molar-refractivity contribution is 0.563. The number of nitrogens with one attached hydrogen (secondary N) is 3. The quantitative estimate of drug-likeness (QED) is 0.186. The van der Waals surface area contributed by atoms with Crippen LogP contribution in [0.2, 0.25) is 0 Å². The van der Waals surface area contributed by atoms with Crippen molar-refractivity contribution in [2.24, 2.45) is 5.73 Å². The van der Waals surface area contributed by atoms with Crippen molar-refractivity contribution >= 4 is 11.9 Å². The van der Waals surface area contributed by atoms with E-state index in [1.54, 1.807) is 0 Å². The Kier molecular flexibility index (Phi) is 23.4. The molecule has 0 unspecified atom stereocenters. The first-order chi connectivity index (χ1) is 11.9. The van der Waals surface area contributed by atoms with Gasteiger partial charge in [0.1, 0.15) is 0 Å². The second kappa shape index (κ2) is 23.2. The van der Waals surface area contributed by atoms with Gasteiger partial charge in [0, 0.05) is 31.9 Å². The molecule has 0 fully saturated rings. The van der Waals surface area contributed by atoms with E-state index in [0.29, 0.717) is 0 Å². The van der Waals surface area contributed by atoms with Gasteiger partial charge in [-0.15, -0.1) is 0 Å². The Morgan fingerprint density at radius 2 is 1.21 bits per heavy atom. The Bertz CT molecular complexity index is 196. The fourth-order valence-electron chi connectivity index (χ4n) is 2.64. The van der Waals surface area contributed by atoms with Crippen molar-refractivity contribution in [3.8, 4) is 0 Å². The van der Waals surface area contributed by atoms with Crippen LogP contribution in [0.3, 0.4) is 0 Å². The van der Waals surface area contributed by atoms with Gasteiger partial charge < -0.3 is 16.4 Å². The summed E-state index contributed by atoms with van der Waals surface area (Å²) in [6, 6.07) is 0. The molecule has 0 saturated carbocycles. The van der Waals surface area contributed by atoms with Gasteiger partial charge >= 0.3 is 0 Å². The van der Waals surface area contributed by atoms with Crippen LogP contribution in [0, 0.1) is 0 Å². The van der Waals surface area contributed by atoms with Crippen LogP contribution in [0.1, 0.15) is 77.6 Å². The maximum Gasteiger partial charge on any atom is 0.0184 e. The average Bonchev–Trinajstić information content (AvgIpc) is 2.60. The highest BCUT2D eigenvalue weighted by atomic mass is 32.2. The molecular formula is C19H44N4S. The SMILES string of the molecule is CCCCCCCCCCCCSNCCNCCCNCCN. The first-order valence-corrected chi connectivity index (χ1v) is 11.4. The molecule has 0 atom stereocenters. The summed E-state index contributed by atoms with van der Waals surface area (Å²) in [5, 5.41) is 6.76. The summed E-state index contributed by atoms with van der Waals surface area (Å²) in [5.41, 5.74) is 5.42. The van der Waals surface area contributed by atoms with E-state index in [4.69, 9.17) is 5.73 Å². The molecule has 0 heterocycles. The lowest BCUT2D eigenvalue weighted by atomic mass is 10.1. The number of hydrogen-bond acceptors (Lipinski definition) is 5. The molecule has 0 bridgehead atoms. The highest BCUT2D eigenvalue weighted by Gasteiger charge is 1.94. The van der Waals surface area contributed by atoms with Gasteiger partial charge in [0.25, 0.3) is 0 Å². The van der Waals surface area contributed by atoms with Crippen molar-refractivity contribution < 1.29 is 0 Å². The minimum absolute atomic E-state index is 0.730. The van der Waals surface area contributed by atoms with E-state index in [1.165, 1.54) is 76.4 Å². The van der Waals surface area contributed by atoms with E-state index in [1.807, 2.05) is 11.9 Å². The van der Waals surface area contributed by atoms with Crippen LogP contribution >= 0.6 is 11.9 Å². The highest BCUT2D eigenvalue weighted by Crippen LogP contribution is 2.11. The Balaban J connectivity index is 2.93. The fourth-order valence-corrected chi connectivity index (χ4v) is 3.38. The topological polar surface area (TPSA) is 62.1 Å². The third-order valence-electron chi connectivity index (χ3n) is 4.13. The van der Waals surface area contributed by atoms with Crippen LogP contribution in [-0.4, -0.2) is 45.0 Å². The van der Waals surface area contributed by atoms with E-state index >= 15 is 0 Å². The molecule has 0 radical (unpaired) electrons. The summed E-state index contributed by atoms with van der Waals surface area (Å²) >= 11 is 1.89. The second-order valence-electron chi connectivity index (χ2n) is 6.57. The molecule has 0 aliphatic rings. The van der Waals surface area contributed by atoms with Crippen LogP contribution < -0.4 is 21.1 Å². The van der Waals surface area contributed by atoms with Crippen molar-refractivity contribution in [2.75, 3.05) is 45.0 Å². The maximum atomic E-state index is 5.42. The average molecular weight is 361 g/mol. The Morgan fingerprint density at radius 1 is 0.625 bits per heavy atom. The highest BCUT2D eigenvalue weighted by molar-refractivity contribution is 7.97. The molecule has 0 aromatic heterocycles. The summed E-state index contributed by atoms with van der Waals surface area (Å²) in [5.74, 6) is 1.25. The predicted octanol–water partition coefficient (Wildman–Crippen LogP) is 3.67. The largest absolute Gasteiger partial charge is 0.329 e. The third kappa shape index (κ3) is 22.2. The zero-order valence-corrected chi connectivity index (χ0v) is 17.0. The summed E-state index contributed by atoms with van der Waals surface area (Å²) in [6.07, 6.45) is 15.4. The minimum Gasteiger partial charge on any atom is -0.329 e. The van der Waals surface area contributed by atoms with E-state index < -0.39 is 0 Å². The smallest absolute Gasteiger partial charge is 0.0184 e. The molecule has 5 heteroatoms. The zero-order chi connectivity index (χ0) is 17.6. The molecule has 4 nitrogen and oxygen atoms in total. The van der Waals surface area contributed by atoms with Gasteiger partial charge in [-0.1, -0.05) is 76.7 Å². The summed E-state index contributed by atoms with van der Waals surface area (Å²) in [4.78, 5) is 0. The zero-order valence-electron chi connectivity index (χ0n) is 16.2.